The molecule has 7 atom stereocenters. The fourth-order valence-corrected chi connectivity index (χ4v) is 6.70. The van der Waals surface area contributed by atoms with Crippen LogP contribution in [0.25, 0.3) is 0 Å². The number of amides is 3. The van der Waals surface area contributed by atoms with E-state index in [0.717, 1.165) is 12.0 Å². The van der Waals surface area contributed by atoms with Gasteiger partial charge in [0.1, 0.15) is 11.6 Å². The molecule has 3 aliphatic rings. The van der Waals surface area contributed by atoms with Gasteiger partial charge in [-0.15, -0.1) is 0 Å². The van der Waals surface area contributed by atoms with Crippen LogP contribution in [0, 0.1) is 17.8 Å². The molecule has 8 nitrogen and oxygen atoms in total. The molecule has 1 spiro atoms. The van der Waals surface area contributed by atoms with Crippen LogP contribution in [-0.2, 0) is 25.5 Å². The summed E-state index contributed by atoms with van der Waals surface area (Å²) in [6.45, 7) is 11.8. The predicted molar refractivity (Wildman–Crippen MR) is 136 cm³/mol. The summed E-state index contributed by atoms with van der Waals surface area (Å²) in [7, 11) is 0. The van der Waals surface area contributed by atoms with E-state index in [9.17, 15) is 19.5 Å². The second-order valence-corrected chi connectivity index (χ2v) is 12.0. The first-order valence-corrected chi connectivity index (χ1v) is 13.2. The summed E-state index contributed by atoms with van der Waals surface area (Å²) in [6, 6.07) is 8.05. The molecule has 4 rings (SSSR count). The van der Waals surface area contributed by atoms with Crippen LogP contribution in [0.5, 0.6) is 0 Å². The zero-order valence-corrected chi connectivity index (χ0v) is 22.3. The molecule has 3 aliphatic heterocycles. The normalized spacial score (nSPS) is 34.0. The van der Waals surface area contributed by atoms with Gasteiger partial charge in [-0.3, -0.25) is 14.4 Å². The number of nitrogens with one attached hydrogen (secondary N) is 2. The first-order chi connectivity index (χ1) is 16.9. The number of likely N-dealkylation sites (tertiary alicyclic amines) is 1. The smallest absolute Gasteiger partial charge is 0.246 e. The van der Waals surface area contributed by atoms with Crippen LogP contribution >= 0.6 is 0 Å². The lowest BCUT2D eigenvalue weighted by Gasteiger charge is -2.38. The Morgan fingerprint density at radius 1 is 1.22 bits per heavy atom. The second kappa shape index (κ2) is 9.45. The summed E-state index contributed by atoms with van der Waals surface area (Å²) in [6.07, 6.45) is 1.67. The number of nitrogens with zero attached hydrogens (tertiary/aromatic N) is 1. The molecule has 36 heavy (non-hydrogen) atoms. The maximum Gasteiger partial charge on any atom is 0.246 e. The van der Waals surface area contributed by atoms with Crippen molar-refractivity contribution in [3.8, 4) is 0 Å². The molecular formula is C28H41N3O5. The number of aliphatic hydroxyl groups is 1. The molecule has 0 radical (unpaired) electrons. The number of fused-ring (bicyclic) bond motifs is 1. The molecule has 198 valence electrons. The Kier molecular flexibility index (Phi) is 6.99. The van der Waals surface area contributed by atoms with Gasteiger partial charge < -0.3 is 25.4 Å². The lowest BCUT2D eigenvalue weighted by molar-refractivity contribution is -0.151. The van der Waals surface area contributed by atoms with E-state index in [4.69, 9.17) is 4.74 Å². The van der Waals surface area contributed by atoms with Crippen LogP contribution in [0.15, 0.2) is 30.3 Å². The van der Waals surface area contributed by atoms with Gasteiger partial charge in [-0.2, -0.15) is 0 Å². The molecule has 1 aromatic rings. The standard InChI is InChI=1S/C28H41N3O5/c1-7-13-29-23(33)20-21-25(35)31(19(16-32)14-18-11-9-8-10-12-18)22(24(34)30-26(3,4)5)28(21)15-17(2)27(20,6)36-28/h8-12,17,19-22,32H,7,13-16H2,1-6H3,(H,29,33)(H,30,34)/t17?,19-,20-,21+,22?,27+,28?/m1/s1. The highest BCUT2D eigenvalue weighted by Gasteiger charge is 2.80. The molecule has 0 aromatic heterocycles. The summed E-state index contributed by atoms with van der Waals surface area (Å²) in [5.41, 5.74) is -1.55. The molecular weight excluding hydrogens is 458 g/mol. The van der Waals surface area contributed by atoms with E-state index in [1.54, 1.807) is 0 Å². The largest absolute Gasteiger partial charge is 0.394 e. The number of hydrogen-bond acceptors (Lipinski definition) is 5. The topological polar surface area (TPSA) is 108 Å². The van der Waals surface area contributed by atoms with E-state index >= 15 is 0 Å². The van der Waals surface area contributed by atoms with Gasteiger partial charge in [0.25, 0.3) is 0 Å². The number of aliphatic hydroxyl groups excluding tert-OH is 1. The van der Waals surface area contributed by atoms with Gasteiger partial charge in [0.2, 0.25) is 17.7 Å². The van der Waals surface area contributed by atoms with Crippen molar-refractivity contribution in [3.05, 3.63) is 35.9 Å². The molecule has 3 fully saturated rings. The maximum absolute atomic E-state index is 14.3. The number of rotatable bonds is 8. The number of ether oxygens (including phenoxy) is 1. The van der Waals surface area contributed by atoms with E-state index in [1.165, 1.54) is 4.90 Å². The van der Waals surface area contributed by atoms with Gasteiger partial charge >= 0.3 is 0 Å². The van der Waals surface area contributed by atoms with Crippen LogP contribution < -0.4 is 10.6 Å². The van der Waals surface area contributed by atoms with Crippen molar-refractivity contribution in [3.63, 3.8) is 0 Å². The summed E-state index contributed by atoms with van der Waals surface area (Å²) in [4.78, 5) is 43.2. The zero-order chi connectivity index (χ0) is 26.5. The van der Waals surface area contributed by atoms with E-state index in [2.05, 4.69) is 10.6 Å². The first kappa shape index (κ1) is 26.6. The van der Waals surface area contributed by atoms with Crippen LogP contribution in [0.1, 0.15) is 59.9 Å². The number of hydrogen-bond donors (Lipinski definition) is 3. The van der Waals surface area contributed by atoms with E-state index in [1.807, 2.05) is 71.9 Å². The molecule has 3 unspecified atom stereocenters. The van der Waals surface area contributed by atoms with Gasteiger partial charge in [0.15, 0.2) is 0 Å². The van der Waals surface area contributed by atoms with Crippen LogP contribution in [0.3, 0.4) is 0 Å². The minimum absolute atomic E-state index is 0.0227. The predicted octanol–water partition coefficient (Wildman–Crippen LogP) is 2.04. The molecule has 3 N–H and O–H groups in total. The molecule has 3 saturated heterocycles. The van der Waals surface area contributed by atoms with Crippen LogP contribution in [0.2, 0.25) is 0 Å². The molecule has 0 aliphatic carbocycles. The van der Waals surface area contributed by atoms with Crippen molar-refractivity contribution in [2.75, 3.05) is 13.2 Å². The molecule has 1 aromatic carbocycles. The summed E-state index contributed by atoms with van der Waals surface area (Å²) in [5.74, 6) is -2.30. The fourth-order valence-electron chi connectivity index (χ4n) is 6.70. The van der Waals surface area contributed by atoms with Gasteiger partial charge in [0, 0.05) is 12.1 Å². The lowest BCUT2D eigenvalue weighted by atomic mass is 9.62. The van der Waals surface area contributed by atoms with Gasteiger partial charge in [-0.1, -0.05) is 44.2 Å². The Labute approximate surface area is 214 Å². The van der Waals surface area contributed by atoms with E-state index < -0.39 is 40.7 Å². The van der Waals surface area contributed by atoms with Gasteiger partial charge in [0.05, 0.1) is 30.1 Å². The van der Waals surface area contributed by atoms with Crippen molar-refractivity contribution in [2.45, 2.75) is 89.6 Å². The highest BCUT2D eigenvalue weighted by atomic mass is 16.5. The summed E-state index contributed by atoms with van der Waals surface area (Å²) >= 11 is 0. The Morgan fingerprint density at radius 2 is 1.89 bits per heavy atom. The van der Waals surface area contributed by atoms with Crippen molar-refractivity contribution < 1.29 is 24.2 Å². The Balaban J connectivity index is 1.80. The molecule has 0 saturated carbocycles. The third-order valence-corrected chi connectivity index (χ3v) is 8.25. The Morgan fingerprint density at radius 3 is 2.47 bits per heavy atom. The van der Waals surface area contributed by atoms with Crippen molar-refractivity contribution >= 4 is 17.7 Å². The third kappa shape index (κ3) is 4.22. The molecule has 2 bridgehead atoms. The summed E-state index contributed by atoms with van der Waals surface area (Å²) in [5, 5.41) is 16.5. The monoisotopic (exact) mass is 499 g/mol. The van der Waals surface area contributed by atoms with Crippen molar-refractivity contribution in [1.29, 1.82) is 0 Å². The number of benzene rings is 1. The van der Waals surface area contributed by atoms with Crippen molar-refractivity contribution in [1.82, 2.24) is 15.5 Å². The molecule has 3 amide bonds. The minimum atomic E-state index is -1.13. The quantitative estimate of drug-likeness (QED) is 0.507. The van der Waals surface area contributed by atoms with Crippen molar-refractivity contribution in [2.24, 2.45) is 17.8 Å². The van der Waals surface area contributed by atoms with E-state index in [-0.39, 0.29) is 30.2 Å². The second-order valence-electron chi connectivity index (χ2n) is 12.0. The van der Waals surface area contributed by atoms with Gasteiger partial charge in [-0.05, 0) is 58.4 Å². The fraction of sp³-hybridized carbons (Fsp3) is 0.679. The Bertz CT molecular complexity index is 1010. The third-order valence-electron chi connectivity index (χ3n) is 8.25. The van der Waals surface area contributed by atoms with E-state index in [0.29, 0.717) is 19.4 Å². The Hall–Kier alpha value is -2.45. The summed E-state index contributed by atoms with van der Waals surface area (Å²) < 4.78 is 6.73. The average Bonchev–Trinajstić information content (AvgIpc) is 3.32. The molecule has 8 heteroatoms. The minimum Gasteiger partial charge on any atom is -0.394 e. The highest BCUT2D eigenvalue weighted by molar-refractivity contribution is 5.99. The zero-order valence-electron chi connectivity index (χ0n) is 22.3. The van der Waals surface area contributed by atoms with Gasteiger partial charge in [-0.25, -0.2) is 0 Å². The first-order valence-electron chi connectivity index (χ1n) is 13.2. The van der Waals surface area contributed by atoms with Crippen LogP contribution in [0.4, 0.5) is 0 Å². The lowest BCUT2D eigenvalue weighted by Crippen LogP contribution is -2.60. The highest BCUT2D eigenvalue weighted by Crippen LogP contribution is 2.65. The molecule has 3 heterocycles. The number of carbonyl (C=O) groups is 3. The number of carbonyl (C=O) groups excluding carboxylic acids is 3. The maximum atomic E-state index is 14.3. The SMILES string of the molecule is CCCNC(=O)[C@H]1[C@H]2C(=O)N([C@@H](CO)Cc3ccccc3)C(C(=O)NC(C)(C)C)C23CC(C)[C@]1(C)O3. The van der Waals surface area contributed by atoms with Crippen LogP contribution in [-0.4, -0.2) is 69.7 Å². The average molecular weight is 500 g/mol.